The molecule has 1 fully saturated rings. The van der Waals surface area contributed by atoms with Crippen LogP contribution in [-0.4, -0.2) is 35.1 Å². The van der Waals surface area contributed by atoms with Crippen LogP contribution in [0.3, 0.4) is 0 Å². The van der Waals surface area contributed by atoms with Crippen LogP contribution in [0.15, 0.2) is 18.3 Å². The quantitative estimate of drug-likeness (QED) is 0.781. The van der Waals surface area contributed by atoms with Crippen LogP contribution in [0.4, 0.5) is 5.82 Å². The number of nitrogens with one attached hydrogen (secondary N) is 1. The molecule has 5 heteroatoms. The van der Waals surface area contributed by atoms with Crippen molar-refractivity contribution in [1.29, 1.82) is 0 Å². The topological polar surface area (TPSA) is 65.5 Å². The summed E-state index contributed by atoms with van der Waals surface area (Å²) in [7, 11) is 0. The second kappa shape index (κ2) is 4.71. The number of anilines is 1. The second-order valence-electron chi connectivity index (χ2n) is 4.29. The molecule has 2 unspecified atom stereocenters. The van der Waals surface area contributed by atoms with Crippen molar-refractivity contribution >= 4 is 11.7 Å². The van der Waals surface area contributed by atoms with Crippen LogP contribution in [0.5, 0.6) is 0 Å². The number of carbonyl (C=O) groups excluding carboxylic acids is 1. The van der Waals surface area contributed by atoms with Crippen LogP contribution in [0.2, 0.25) is 0 Å². The Morgan fingerprint density at radius 2 is 2.35 bits per heavy atom. The first kappa shape index (κ1) is 11.9. The van der Waals surface area contributed by atoms with Crippen molar-refractivity contribution in [2.45, 2.75) is 26.0 Å². The zero-order valence-corrected chi connectivity index (χ0v) is 10.1. The molecule has 2 atom stereocenters. The number of aromatic nitrogens is 1. The van der Waals surface area contributed by atoms with Gasteiger partial charge in [0.15, 0.2) is 0 Å². The molecule has 0 bridgehead atoms. The summed E-state index contributed by atoms with van der Waals surface area (Å²) in [5.74, 6) is 0.800. The molecule has 1 saturated heterocycles. The Bertz CT molecular complexity index is 403. The van der Waals surface area contributed by atoms with Gasteiger partial charge in [-0.2, -0.15) is 0 Å². The molecule has 2 rings (SSSR count). The molecule has 0 aliphatic carbocycles. The molecule has 0 saturated carbocycles. The minimum Gasteiger partial charge on any atom is -0.389 e. The standard InChI is InChI=1S/C12H17N3O2/c1-8-12(17)13-5-6-15(8)11-4-3-10(7-14-11)9(2)16/h3-4,7-9,16H,5-6H2,1-2H3,(H,13,17). The highest BCUT2D eigenvalue weighted by Crippen LogP contribution is 2.18. The Labute approximate surface area is 100 Å². The number of hydrogen-bond donors (Lipinski definition) is 2. The van der Waals surface area contributed by atoms with E-state index < -0.39 is 6.10 Å². The highest BCUT2D eigenvalue weighted by Gasteiger charge is 2.26. The molecular weight excluding hydrogens is 218 g/mol. The third-order valence-corrected chi connectivity index (χ3v) is 3.05. The zero-order chi connectivity index (χ0) is 12.4. The second-order valence-corrected chi connectivity index (χ2v) is 4.29. The summed E-state index contributed by atoms with van der Waals surface area (Å²) >= 11 is 0. The van der Waals surface area contributed by atoms with Crippen LogP contribution < -0.4 is 10.2 Å². The predicted molar refractivity (Wildman–Crippen MR) is 64.7 cm³/mol. The molecule has 1 aliphatic heterocycles. The van der Waals surface area contributed by atoms with Crippen LogP contribution >= 0.6 is 0 Å². The lowest BCUT2D eigenvalue weighted by Crippen LogP contribution is -2.54. The van der Waals surface area contributed by atoms with E-state index in [9.17, 15) is 9.90 Å². The van der Waals surface area contributed by atoms with E-state index in [1.807, 2.05) is 24.0 Å². The Kier molecular flexibility index (Phi) is 3.28. The summed E-state index contributed by atoms with van der Waals surface area (Å²) in [6.07, 6.45) is 1.14. The average molecular weight is 235 g/mol. The maximum Gasteiger partial charge on any atom is 0.242 e. The fourth-order valence-corrected chi connectivity index (χ4v) is 1.91. The van der Waals surface area contributed by atoms with Crippen molar-refractivity contribution in [3.63, 3.8) is 0 Å². The van der Waals surface area contributed by atoms with E-state index >= 15 is 0 Å². The van der Waals surface area contributed by atoms with Gasteiger partial charge in [0, 0.05) is 19.3 Å². The molecule has 92 valence electrons. The minimum absolute atomic E-state index is 0.0256. The fraction of sp³-hybridized carbons (Fsp3) is 0.500. The first-order valence-electron chi connectivity index (χ1n) is 5.78. The number of carbonyl (C=O) groups is 1. The van der Waals surface area contributed by atoms with E-state index in [4.69, 9.17) is 0 Å². The number of nitrogens with zero attached hydrogens (tertiary/aromatic N) is 2. The molecule has 0 aromatic carbocycles. The van der Waals surface area contributed by atoms with Crippen molar-refractivity contribution in [1.82, 2.24) is 10.3 Å². The largest absolute Gasteiger partial charge is 0.389 e. The van der Waals surface area contributed by atoms with Crippen molar-refractivity contribution in [3.8, 4) is 0 Å². The summed E-state index contributed by atoms with van der Waals surface area (Å²) < 4.78 is 0. The molecule has 0 radical (unpaired) electrons. The molecule has 1 aromatic rings. The summed E-state index contributed by atoms with van der Waals surface area (Å²) in [5, 5.41) is 12.2. The molecule has 1 aliphatic rings. The molecule has 2 N–H and O–H groups in total. The van der Waals surface area contributed by atoms with Crippen molar-refractivity contribution in [3.05, 3.63) is 23.9 Å². The molecule has 17 heavy (non-hydrogen) atoms. The Morgan fingerprint density at radius 1 is 1.59 bits per heavy atom. The van der Waals surface area contributed by atoms with Gasteiger partial charge in [-0.15, -0.1) is 0 Å². The van der Waals surface area contributed by atoms with Gasteiger partial charge < -0.3 is 15.3 Å². The summed E-state index contributed by atoms with van der Waals surface area (Å²) in [6.45, 7) is 4.96. The smallest absolute Gasteiger partial charge is 0.242 e. The van der Waals surface area contributed by atoms with Gasteiger partial charge in [-0.25, -0.2) is 4.98 Å². The van der Waals surface area contributed by atoms with E-state index in [1.54, 1.807) is 13.1 Å². The van der Waals surface area contributed by atoms with Gasteiger partial charge in [-0.3, -0.25) is 4.79 Å². The first-order valence-corrected chi connectivity index (χ1v) is 5.78. The summed E-state index contributed by atoms with van der Waals surface area (Å²) in [6, 6.07) is 3.48. The fourth-order valence-electron chi connectivity index (χ4n) is 1.91. The lowest BCUT2D eigenvalue weighted by atomic mass is 10.1. The van der Waals surface area contributed by atoms with Crippen molar-refractivity contribution < 1.29 is 9.90 Å². The van der Waals surface area contributed by atoms with Crippen LogP contribution in [0.1, 0.15) is 25.5 Å². The highest BCUT2D eigenvalue weighted by molar-refractivity contribution is 5.85. The van der Waals surface area contributed by atoms with Crippen LogP contribution in [0.25, 0.3) is 0 Å². The maximum absolute atomic E-state index is 11.5. The van der Waals surface area contributed by atoms with Gasteiger partial charge in [-0.05, 0) is 25.5 Å². The zero-order valence-electron chi connectivity index (χ0n) is 10.1. The number of aliphatic hydroxyl groups is 1. The SMILES string of the molecule is CC(O)c1ccc(N2CCNC(=O)C2C)nc1. The lowest BCUT2D eigenvalue weighted by molar-refractivity contribution is -0.122. The number of hydrogen-bond acceptors (Lipinski definition) is 4. The molecule has 5 nitrogen and oxygen atoms in total. The van der Waals surface area contributed by atoms with Crippen molar-refractivity contribution in [2.24, 2.45) is 0 Å². The number of pyridine rings is 1. The van der Waals surface area contributed by atoms with E-state index in [1.165, 1.54) is 0 Å². The minimum atomic E-state index is -0.515. The van der Waals surface area contributed by atoms with E-state index in [0.29, 0.717) is 6.54 Å². The first-order chi connectivity index (χ1) is 8.09. The number of rotatable bonds is 2. The van der Waals surface area contributed by atoms with Crippen molar-refractivity contribution in [2.75, 3.05) is 18.0 Å². The van der Waals surface area contributed by atoms with Crippen LogP contribution in [-0.2, 0) is 4.79 Å². The van der Waals surface area contributed by atoms with Gasteiger partial charge in [0.05, 0.1) is 6.10 Å². The van der Waals surface area contributed by atoms with E-state index in [2.05, 4.69) is 10.3 Å². The molecule has 2 heterocycles. The van der Waals surface area contributed by atoms with Gasteiger partial charge >= 0.3 is 0 Å². The van der Waals surface area contributed by atoms with Gasteiger partial charge in [0.2, 0.25) is 5.91 Å². The molecule has 0 spiro atoms. The Balaban J connectivity index is 2.19. The monoisotopic (exact) mass is 235 g/mol. The number of piperazine rings is 1. The Hall–Kier alpha value is -1.62. The normalized spacial score (nSPS) is 22.2. The number of aliphatic hydroxyl groups excluding tert-OH is 1. The third kappa shape index (κ3) is 2.39. The average Bonchev–Trinajstić information content (AvgIpc) is 2.33. The maximum atomic E-state index is 11.5. The molecule has 1 aromatic heterocycles. The summed E-state index contributed by atoms with van der Waals surface area (Å²) in [5.41, 5.74) is 0.780. The van der Waals surface area contributed by atoms with E-state index in [-0.39, 0.29) is 11.9 Å². The van der Waals surface area contributed by atoms with Gasteiger partial charge in [0.25, 0.3) is 0 Å². The van der Waals surface area contributed by atoms with Gasteiger partial charge in [-0.1, -0.05) is 6.07 Å². The number of amides is 1. The van der Waals surface area contributed by atoms with Gasteiger partial charge in [0.1, 0.15) is 11.9 Å². The third-order valence-electron chi connectivity index (χ3n) is 3.05. The Morgan fingerprint density at radius 3 is 2.94 bits per heavy atom. The summed E-state index contributed by atoms with van der Waals surface area (Å²) in [4.78, 5) is 17.8. The molecule has 1 amide bonds. The highest BCUT2D eigenvalue weighted by atomic mass is 16.3. The molecular formula is C12H17N3O2. The lowest BCUT2D eigenvalue weighted by Gasteiger charge is -2.33. The predicted octanol–water partition coefficient (Wildman–Crippen LogP) is 0.460. The van der Waals surface area contributed by atoms with Crippen LogP contribution in [0, 0.1) is 0 Å². The van der Waals surface area contributed by atoms with E-state index in [0.717, 1.165) is 17.9 Å².